The number of benzene rings is 1. The second-order valence-electron chi connectivity index (χ2n) is 7.47. The van der Waals surface area contributed by atoms with Gasteiger partial charge in [0.2, 0.25) is 0 Å². The van der Waals surface area contributed by atoms with Gasteiger partial charge in [0, 0.05) is 18.3 Å². The lowest BCUT2D eigenvalue weighted by molar-refractivity contribution is 0.0926. The van der Waals surface area contributed by atoms with Crippen LogP contribution in [0.5, 0.6) is 5.75 Å². The molecule has 3 N–H and O–H groups in total. The average Bonchev–Trinajstić information content (AvgIpc) is 3.01. The Kier molecular flexibility index (Phi) is 6.39. The standard InChI is InChI=1S/C22H29N3O3/c1-14-19(21(26)25-17-9-5-4-6-10-17)15(2)24-20(14)22(27)23-13-16-8-7-11-18(12-16)28-3/h7-8,11-12,17,24H,4-6,9-10,13H2,1-3H3,(H,23,27)(H,25,26). The van der Waals surface area contributed by atoms with Crippen LogP contribution in [-0.2, 0) is 6.54 Å². The summed E-state index contributed by atoms with van der Waals surface area (Å²) in [4.78, 5) is 28.5. The zero-order chi connectivity index (χ0) is 20.1. The topological polar surface area (TPSA) is 83.2 Å². The van der Waals surface area contributed by atoms with Crippen LogP contribution in [0.15, 0.2) is 24.3 Å². The van der Waals surface area contributed by atoms with Crippen LogP contribution >= 0.6 is 0 Å². The Labute approximate surface area is 166 Å². The Morgan fingerprint density at radius 1 is 1.14 bits per heavy atom. The molecule has 1 aromatic carbocycles. The average molecular weight is 383 g/mol. The van der Waals surface area contributed by atoms with E-state index in [-0.39, 0.29) is 17.9 Å². The molecule has 1 saturated carbocycles. The lowest BCUT2D eigenvalue weighted by Gasteiger charge is -2.22. The number of amides is 2. The lowest BCUT2D eigenvalue weighted by atomic mass is 9.95. The van der Waals surface area contributed by atoms with Crippen LogP contribution in [0.2, 0.25) is 0 Å². The number of aromatic nitrogens is 1. The van der Waals surface area contributed by atoms with Crippen molar-refractivity contribution in [1.82, 2.24) is 15.6 Å². The van der Waals surface area contributed by atoms with Crippen molar-refractivity contribution < 1.29 is 14.3 Å². The summed E-state index contributed by atoms with van der Waals surface area (Å²) in [5, 5.41) is 6.05. The van der Waals surface area contributed by atoms with E-state index in [1.807, 2.05) is 38.1 Å². The number of methoxy groups -OCH3 is 1. The number of aryl methyl sites for hydroxylation is 1. The van der Waals surface area contributed by atoms with Gasteiger partial charge in [-0.1, -0.05) is 31.4 Å². The zero-order valence-electron chi connectivity index (χ0n) is 16.9. The molecule has 1 aromatic heterocycles. The van der Waals surface area contributed by atoms with Gasteiger partial charge in [-0.15, -0.1) is 0 Å². The maximum Gasteiger partial charge on any atom is 0.268 e. The summed E-state index contributed by atoms with van der Waals surface area (Å²) in [5.41, 5.74) is 3.38. The largest absolute Gasteiger partial charge is 0.497 e. The maximum absolute atomic E-state index is 12.8. The quantitative estimate of drug-likeness (QED) is 0.712. The molecule has 0 bridgehead atoms. The summed E-state index contributed by atoms with van der Waals surface area (Å²) < 4.78 is 5.21. The van der Waals surface area contributed by atoms with Gasteiger partial charge in [-0.2, -0.15) is 0 Å². The van der Waals surface area contributed by atoms with Crippen LogP contribution in [0.1, 0.15) is 69.8 Å². The van der Waals surface area contributed by atoms with Gasteiger partial charge in [0.25, 0.3) is 11.8 Å². The van der Waals surface area contributed by atoms with E-state index in [1.54, 1.807) is 7.11 Å². The Hall–Kier alpha value is -2.76. The number of ether oxygens (including phenoxy) is 1. The highest BCUT2D eigenvalue weighted by Gasteiger charge is 2.24. The Bertz CT molecular complexity index is 851. The van der Waals surface area contributed by atoms with Gasteiger partial charge in [-0.05, 0) is 49.9 Å². The van der Waals surface area contributed by atoms with Crippen LogP contribution in [0.3, 0.4) is 0 Å². The van der Waals surface area contributed by atoms with Gasteiger partial charge in [0.1, 0.15) is 11.4 Å². The fourth-order valence-electron chi connectivity index (χ4n) is 3.88. The van der Waals surface area contributed by atoms with Crippen molar-refractivity contribution in [2.45, 2.75) is 58.5 Å². The summed E-state index contributed by atoms with van der Waals surface area (Å²) in [5.74, 6) is 0.436. The first-order valence-corrected chi connectivity index (χ1v) is 9.90. The molecule has 3 rings (SSSR count). The first-order chi connectivity index (χ1) is 13.5. The fraction of sp³-hybridized carbons (Fsp3) is 0.455. The Morgan fingerprint density at radius 3 is 2.61 bits per heavy atom. The highest BCUT2D eigenvalue weighted by molar-refractivity contribution is 6.02. The zero-order valence-corrected chi connectivity index (χ0v) is 16.9. The van der Waals surface area contributed by atoms with Crippen LogP contribution in [0, 0.1) is 13.8 Å². The summed E-state index contributed by atoms with van der Waals surface area (Å²) >= 11 is 0. The van der Waals surface area contributed by atoms with E-state index >= 15 is 0 Å². The van der Waals surface area contributed by atoms with Crippen LogP contribution < -0.4 is 15.4 Å². The second kappa shape index (κ2) is 8.95. The molecule has 0 saturated heterocycles. The monoisotopic (exact) mass is 383 g/mol. The highest BCUT2D eigenvalue weighted by atomic mass is 16.5. The lowest BCUT2D eigenvalue weighted by Crippen LogP contribution is -2.36. The molecule has 6 heteroatoms. The smallest absolute Gasteiger partial charge is 0.268 e. The van der Waals surface area contributed by atoms with E-state index in [0.717, 1.165) is 42.7 Å². The highest BCUT2D eigenvalue weighted by Crippen LogP contribution is 2.21. The van der Waals surface area contributed by atoms with Crippen molar-refractivity contribution >= 4 is 11.8 Å². The normalized spacial score (nSPS) is 14.5. The molecule has 1 heterocycles. The predicted octanol–water partition coefficient (Wildman–Crippen LogP) is 3.63. The minimum atomic E-state index is -0.222. The molecule has 6 nitrogen and oxygen atoms in total. The molecule has 28 heavy (non-hydrogen) atoms. The number of carbonyl (C=O) groups excluding carboxylic acids is 2. The van der Waals surface area contributed by atoms with Gasteiger partial charge in [-0.3, -0.25) is 9.59 Å². The Balaban J connectivity index is 1.67. The number of H-pyrrole nitrogens is 1. The molecular weight excluding hydrogens is 354 g/mol. The molecule has 0 unspecified atom stereocenters. The number of aromatic amines is 1. The van der Waals surface area contributed by atoms with Crippen LogP contribution in [0.4, 0.5) is 0 Å². The minimum Gasteiger partial charge on any atom is -0.497 e. The van der Waals surface area contributed by atoms with Gasteiger partial charge < -0.3 is 20.4 Å². The molecule has 0 aliphatic heterocycles. The maximum atomic E-state index is 12.8. The molecule has 0 radical (unpaired) electrons. The number of rotatable bonds is 6. The van der Waals surface area contributed by atoms with Gasteiger partial charge >= 0.3 is 0 Å². The van der Waals surface area contributed by atoms with Crippen molar-refractivity contribution in [3.8, 4) is 5.75 Å². The summed E-state index contributed by atoms with van der Waals surface area (Å²) in [6, 6.07) is 7.80. The Morgan fingerprint density at radius 2 is 1.89 bits per heavy atom. The third kappa shape index (κ3) is 4.55. The molecule has 1 aliphatic carbocycles. The van der Waals surface area contributed by atoms with Crippen molar-refractivity contribution in [3.05, 3.63) is 52.3 Å². The van der Waals surface area contributed by atoms with E-state index in [9.17, 15) is 9.59 Å². The number of carbonyl (C=O) groups is 2. The molecule has 1 fully saturated rings. The molecule has 2 amide bonds. The third-order valence-corrected chi connectivity index (χ3v) is 5.42. The van der Waals surface area contributed by atoms with Crippen molar-refractivity contribution in [1.29, 1.82) is 0 Å². The fourth-order valence-corrected chi connectivity index (χ4v) is 3.88. The molecule has 2 aromatic rings. The first kappa shape index (κ1) is 20.0. The van der Waals surface area contributed by atoms with Gasteiger partial charge in [-0.25, -0.2) is 0 Å². The van der Waals surface area contributed by atoms with Gasteiger partial charge in [0.05, 0.1) is 12.7 Å². The number of hydrogen-bond donors (Lipinski definition) is 3. The van der Waals surface area contributed by atoms with E-state index in [0.29, 0.717) is 23.4 Å². The SMILES string of the molecule is COc1cccc(CNC(=O)c2[nH]c(C)c(C(=O)NC3CCCCC3)c2C)c1. The molecule has 150 valence electrons. The minimum absolute atomic E-state index is 0.0926. The molecular formula is C22H29N3O3. The van der Waals surface area contributed by atoms with Gasteiger partial charge in [0.15, 0.2) is 0 Å². The van der Waals surface area contributed by atoms with E-state index < -0.39 is 0 Å². The van der Waals surface area contributed by atoms with Crippen molar-refractivity contribution in [3.63, 3.8) is 0 Å². The molecule has 0 atom stereocenters. The molecule has 0 spiro atoms. The number of hydrogen-bond acceptors (Lipinski definition) is 3. The van der Waals surface area contributed by atoms with Crippen LogP contribution in [-0.4, -0.2) is 29.9 Å². The van der Waals surface area contributed by atoms with E-state index in [1.165, 1.54) is 6.42 Å². The van der Waals surface area contributed by atoms with Crippen molar-refractivity contribution in [2.75, 3.05) is 7.11 Å². The second-order valence-corrected chi connectivity index (χ2v) is 7.47. The summed E-state index contributed by atoms with van der Waals surface area (Å²) in [7, 11) is 1.61. The summed E-state index contributed by atoms with van der Waals surface area (Å²) in [6.45, 7) is 4.04. The third-order valence-electron chi connectivity index (χ3n) is 5.42. The van der Waals surface area contributed by atoms with E-state index in [2.05, 4.69) is 15.6 Å². The predicted molar refractivity (Wildman–Crippen MR) is 109 cm³/mol. The number of nitrogens with one attached hydrogen (secondary N) is 3. The van der Waals surface area contributed by atoms with E-state index in [4.69, 9.17) is 4.74 Å². The van der Waals surface area contributed by atoms with Crippen molar-refractivity contribution in [2.24, 2.45) is 0 Å². The molecule has 1 aliphatic rings. The summed E-state index contributed by atoms with van der Waals surface area (Å²) in [6.07, 6.45) is 5.62. The van der Waals surface area contributed by atoms with Crippen LogP contribution in [0.25, 0.3) is 0 Å². The first-order valence-electron chi connectivity index (χ1n) is 9.90.